The van der Waals surface area contributed by atoms with E-state index >= 15 is 0 Å². The van der Waals surface area contributed by atoms with Crippen LogP contribution in [0.5, 0.6) is 0 Å². The summed E-state index contributed by atoms with van der Waals surface area (Å²) in [5.41, 5.74) is 2.75. The number of amides is 1. The molecule has 1 heterocycles. The van der Waals surface area contributed by atoms with Crippen molar-refractivity contribution in [2.24, 2.45) is 0 Å². The number of benzene rings is 2. The third kappa shape index (κ3) is 6.15. The first-order chi connectivity index (χ1) is 17.1. The normalized spacial score (nSPS) is 19.9. The summed E-state index contributed by atoms with van der Waals surface area (Å²) >= 11 is 0. The summed E-state index contributed by atoms with van der Waals surface area (Å²) in [6, 6.07) is 11.6. The Morgan fingerprint density at radius 1 is 1.03 bits per heavy atom. The lowest BCUT2D eigenvalue weighted by atomic mass is 9.74. The molecular formula is C30H40F2N2O2. The molecule has 0 unspecified atom stereocenters. The molecule has 196 valence electrons. The van der Waals surface area contributed by atoms with Crippen molar-refractivity contribution in [2.45, 2.75) is 95.2 Å². The number of hydrogen-bond donors (Lipinski definition) is 2. The smallest absolute Gasteiger partial charge is 0.222 e. The largest absolute Gasteiger partial charge is 0.390 e. The van der Waals surface area contributed by atoms with Crippen LogP contribution in [0, 0.1) is 11.6 Å². The van der Waals surface area contributed by atoms with Crippen molar-refractivity contribution in [1.29, 1.82) is 0 Å². The van der Waals surface area contributed by atoms with E-state index in [1.807, 2.05) is 0 Å². The van der Waals surface area contributed by atoms with Crippen molar-refractivity contribution >= 4 is 5.91 Å². The van der Waals surface area contributed by atoms with Gasteiger partial charge in [-0.2, -0.15) is 0 Å². The number of nitrogens with zero attached hydrogens (tertiary/aromatic N) is 1. The highest BCUT2D eigenvalue weighted by atomic mass is 19.1. The van der Waals surface area contributed by atoms with E-state index in [2.05, 4.69) is 50.4 Å². The Balaban J connectivity index is 1.57. The van der Waals surface area contributed by atoms with E-state index in [4.69, 9.17) is 0 Å². The molecule has 1 amide bonds. The van der Waals surface area contributed by atoms with Crippen LogP contribution in [0.2, 0.25) is 0 Å². The summed E-state index contributed by atoms with van der Waals surface area (Å²) in [6.07, 6.45) is 5.89. The second kappa shape index (κ2) is 11.0. The number of rotatable bonds is 8. The van der Waals surface area contributed by atoms with Crippen LogP contribution in [0.25, 0.3) is 0 Å². The molecule has 6 heteroatoms. The molecule has 4 nitrogen and oxygen atoms in total. The number of nitrogens with one attached hydrogen (secondary N) is 1. The average molecular weight is 499 g/mol. The maximum atomic E-state index is 13.9. The zero-order valence-corrected chi connectivity index (χ0v) is 21.8. The topological polar surface area (TPSA) is 52.6 Å². The number of hydrogen-bond acceptors (Lipinski definition) is 3. The monoisotopic (exact) mass is 498 g/mol. The molecule has 1 saturated carbocycles. The van der Waals surface area contributed by atoms with Crippen LogP contribution in [0.1, 0.15) is 82.4 Å². The predicted molar refractivity (Wildman–Crippen MR) is 139 cm³/mol. The maximum Gasteiger partial charge on any atom is 0.222 e. The molecule has 2 aliphatic rings. The first kappa shape index (κ1) is 26.7. The van der Waals surface area contributed by atoms with Gasteiger partial charge in [0, 0.05) is 31.1 Å². The Morgan fingerprint density at radius 3 is 2.33 bits per heavy atom. The van der Waals surface area contributed by atoms with Crippen LogP contribution in [0.3, 0.4) is 0 Å². The summed E-state index contributed by atoms with van der Waals surface area (Å²) in [5, 5.41) is 15.1. The molecule has 36 heavy (non-hydrogen) atoms. The van der Waals surface area contributed by atoms with Crippen LogP contribution in [-0.4, -0.2) is 41.1 Å². The lowest BCUT2D eigenvalue weighted by molar-refractivity contribution is -0.132. The van der Waals surface area contributed by atoms with Gasteiger partial charge in [-0.1, -0.05) is 64.3 Å². The molecule has 2 N–H and O–H groups in total. The number of likely N-dealkylation sites (tertiary alicyclic amines) is 1. The van der Waals surface area contributed by atoms with E-state index in [9.17, 15) is 18.7 Å². The van der Waals surface area contributed by atoms with E-state index in [0.717, 1.165) is 38.2 Å². The van der Waals surface area contributed by atoms with Gasteiger partial charge in [0.1, 0.15) is 11.6 Å². The number of aliphatic hydroxyl groups excluding tert-OH is 1. The Hall–Kier alpha value is -2.31. The van der Waals surface area contributed by atoms with Gasteiger partial charge in [-0.15, -0.1) is 0 Å². The molecule has 1 saturated heterocycles. The van der Waals surface area contributed by atoms with Gasteiger partial charge in [-0.3, -0.25) is 4.79 Å². The van der Waals surface area contributed by atoms with Crippen LogP contribution >= 0.6 is 0 Å². The molecular weight excluding hydrogens is 458 g/mol. The maximum absolute atomic E-state index is 13.9. The van der Waals surface area contributed by atoms with Crippen LogP contribution in [-0.2, 0) is 22.2 Å². The van der Waals surface area contributed by atoms with Gasteiger partial charge in [-0.25, -0.2) is 8.78 Å². The number of carbonyl (C=O) groups is 1. The van der Waals surface area contributed by atoms with E-state index in [1.165, 1.54) is 29.7 Å². The molecule has 1 aliphatic carbocycles. The van der Waals surface area contributed by atoms with Crippen molar-refractivity contribution in [3.05, 3.63) is 70.8 Å². The standard InChI is InChI=1S/C30H40F2N2O2/c1-29(2,3)22-9-7-10-23(18-22)30(12-5-4-6-13-30)33-20-27(35)26(34-14-8-11-28(34)36)17-21-15-24(31)19-25(32)16-21/h7,9-10,15-16,18-19,26-27,33,35H,4-6,8,11-14,17,20H2,1-3H3/t26-,27+/m0/s1. The van der Waals surface area contributed by atoms with Gasteiger partial charge in [0.2, 0.25) is 5.91 Å². The second-order valence-corrected chi connectivity index (χ2v) is 11.7. The molecule has 4 rings (SSSR count). The highest BCUT2D eigenvalue weighted by molar-refractivity contribution is 5.78. The van der Waals surface area contributed by atoms with Crippen LogP contribution < -0.4 is 5.32 Å². The molecule has 0 aromatic heterocycles. The van der Waals surface area contributed by atoms with Gasteiger partial charge in [0.15, 0.2) is 0 Å². The predicted octanol–water partition coefficient (Wildman–Crippen LogP) is 5.61. The summed E-state index contributed by atoms with van der Waals surface area (Å²) in [4.78, 5) is 14.3. The molecule has 0 bridgehead atoms. The van der Waals surface area contributed by atoms with E-state index < -0.39 is 23.8 Å². The fraction of sp³-hybridized carbons (Fsp3) is 0.567. The van der Waals surface area contributed by atoms with Crippen molar-refractivity contribution in [3.63, 3.8) is 0 Å². The third-order valence-electron chi connectivity index (χ3n) is 7.96. The van der Waals surface area contributed by atoms with Crippen LogP contribution in [0.4, 0.5) is 8.78 Å². The first-order valence-electron chi connectivity index (χ1n) is 13.4. The Kier molecular flexibility index (Phi) is 8.15. The fourth-order valence-electron chi connectivity index (χ4n) is 5.89. The summed E-state index contributed by atoms with van der Waals surface area (Å²) < 4.78 is 27.8. The van der Waals surface area contributed by atoms with Crippen LogP contribution in [0.15, 0.2) is 42.5 Å². The van der Waals surface area contributed by atoms with Crippen molar-refractivity contribution < 1.29 is 18.7 Å². The van der Waals surface area contributed by atoms with E-state index in [0.29, 0.717) is 25.1 Å². The Bertz CT molecular complexity index is 1040. The lowest BCUT2D eigenvalue weighted by Gasteiger charge is -2.41. The van der Waals surface area contributed by atoms with Gasteiger partial charge < -0.3 is 15.3 Å². The van der Waals surface area contributed by atoms with E-state index in [-0.39, 0.29) is 23.3 Å². The number of halogens is 2. The van der Waals surface area contributed by atoms with Crippen molar-refractivity contribution in [2.75, 3.05) is 13.1 Å². The second-order valence-electron chi connectivity index (χ2n) is 11.7. The third-order valence-corrected chi connectivity index (χ3v) is 7.96. The first-order valence-corrected chi connectivity index (χ1v) is 13.4. The minimum Gasteiger partial charge on any atom is -0.390 e. The zero-order valence-electron chi connectivity index (χ0n) is 21.8. The molecule has 0 radical (unpaired) electrons. The van der Waals surface area contributed by atoms with Crippen molar-refractivity contribution in [1.82, 2.24) is 10.2 Å². The zero-order chi connectivity index (χ0) is 25.9. The molecule has 2 aromatic rings. The Morgan fingerprint density at radius 2 is 1.72 bits per heavy atom. The van der Waals surface area contributed by atoms with Gasteiger partial charge in [0.05, 0.1) is 12.1 Å². The lowest BCUT2D eigenvalue weighted by Crippen LogP contribution is -2.53. The molecule has 2 fully saturated rings. The molecule has 2 atom stereocenters. The van der Waals surface area contributed by atoms with Gasteiger partial charge >= 0.3 is 0 Å². The average Bonchev–Trinajstić information content (AvgIpc) is 3.26. The minimum absolute atomic E-state index is 0.0128. The quantitative estimate of drug-likeness (QED) is 0.498. The molecule has 1 aliphatic heterocycles. The summed E-state index contributed by atoms with van der Waals surface area (Å²) in [5.74, 6) is -1.31. The highest BCUT2D eigenvalue weighted by Crippen LogP contribution is 2.39. The molecule has 0 spiro atoms. The fourth-order valence-corrected chi connectivity index (χ4v) is 5.89. The van der Waals surface area contributed by atoms with Crippen molar-refractivity contribution in [3.8, 4) is 0 Å². The minimum atomic E-state index is -0.872. The number of carbonyl (C=O) groups excluding carboxylic acids is 1. The SMILES string of the molecule is CC(C)(C)c1cccc(C2(NC[C@@H](O)[C@H](Cc3cc(F)cc(F)c3)N3CCCC3=O)CCCCC2)c1. The Labute approximate surface area is 214 Å². The number of aliphatic hydroxyl groups is 1. The molecule has 2 aromatic carbocycles. The summed E-state index contributed by atoms with van der Waals surface area (Å²) in [7, 11) is 0. The van der Waals surface area contributed by atoms with Gasteiger partial charge in [-0.05, 0) is 59.9 Å². The highest BCUT2D eigenvalue weighted by Gasteiger charge is 2.37. The van der Waals surface area contributed by atoms with E-state index in [1.54, 1.807) is 4.90 Å². The summed E-state index contributed by atoms with van der Waals surface area (Å²) in [6.45, 7) is 7.49. The van der Waals surface area contributed by atoms with Gasteiger partial charge in [0.25, 0.3) is 0 Å².